The van der Waals surface area contributed by atoms with Gasteiger partial charge in [0.1, 0.15) is 4.88 Å². The van der Waals surface area contributed by atoms with Crippen LogP contribution in [-0.4, -0.2) is 21.7 Å². The predicted molar refractivity (Wildman–Crippen MR) is 115 cm³/mol. The fraction of sp³-hybridized carbons (Fsp3) is 0. The Morgan fingerprint density at radius 2 is 1.90 bits per heavy atom. The van der Waals surface area contributed by atoms with Crippen molar-refractivity contribution in [3.63, 3.8) is 0 Å². The lowest BCUT2D eigenvalue weighted by molar-refractivity contribution is -0.394. The Balaban J connectivity index is 1.78. The monoisotopic (exact) mass is 507 g/mol. The molecule has 0 spiro atoms. The summed E-state index contributed by atoms with van der Waals surface area (Å²) in [6.45, 7) is 0. The highest BCUT2D eigenvalue weighted by Gasteiger charge is 2.29. The van der Waals surface area contributed by atoms with Crippen LogP contribution >= 0.6 is 38.9 Å². The minimum Gasteiger partial charge on any atom is -0.401 e. The summed E-state index contributed by atoms with van der Waals surface area (Å²) in [6, 6.07) is 8.60. The van der Waals surface area contributed by atoms with E-state index in [0.717, 1.165) is 32.8 Å². The molecule has 0 saturated heterocycles. The smallest absolute Gasteiger partial charge is 0.363 e. The molecule has 0 N–H and O–H groups in total. The van der Waals surface area contributed by atoms with Crippen LogP contribution in [0.5, 0.6) is 0 Å². The number of halogens is 2. The molecule has 0 unspecified atom stereocenters. The molecule has 4 rings (SSSR count). The molecule has 1 aliphatic heterocycles. The molecule has 0 bridgehead atoms. The quantitative estimate of drug-likeness (QED) is 0.199. The van der Waals surface area contributed by atoms with Gasteiger partial charge in [-0.2, -0.15) is 0 Å². The molecule has 30 heavy (non-hydrogen) atoms. The summed E-state index contributed by atoms with van der Waals surface area (Å²) < 4.78 is 6.92. The normalized spacial score (nSPS) is 14.8. The Bertz CT molecular complexity index is 1330. The summed E-state index contributed by atoms with van der Waals surface area (Å²) >= 11 is 11.1. The molecular formula is C18H7BrClN3O6S. The number of fused-ring (bicyclic) bond motifs is 1. The van der Waals surface area contributed by atoms with Crippen molar-refractivity contribution < 1.29 is 19.4 Å². The van der Waals surface area contributed by atoms with Crippen LogP contribution in [0.25, 0.3) is 16.2 Å². The highest BCUT2D eigenvalue weighted by atomic mass is 79.9. The summed E-state index contributed by atoms with van der Waals surface area (Å²) in [5.74, 6) is -0.828. The Morgan fingerprint density at radius 3 is 2.60 bits per heavy atom. The molecule has 0 fully saturated rings. The van der Waals surface area contributed by atoms with Crippen LogP contribution in [0.1, 0.15) is 10.4 Å². The molecule has 1 aromatic heterocycles. The van der Waals surface area contributed by atoms with E-state index in [9.17, 15) is 25.0 Å². The standard InChI is InChI=1S/C18H7BrClN3O6S/c19-9-2-4-11-14(6-9)30-16(15(11)20)17-21-12(18(24)29-17)5-8-1-3-10(22(25)26)7-13(8)23(27)28/h1-7H/b12-5+. The molecule has 2 heterocycles. The topological polar surface area (TPSA) is 125 Å². The predicted octanol–water partition coefficient (Wildman–Crippen LogP) is 5.48. The molecule has 9 nitrogen and oxygen atoms in total. The average Bonchev–Trinajstić information content (AvgIpc) is 3.21. The van der Waals surface area contributed by atoms with Gasteiger partial charge in [-0.15, -0.1) is 11.3 Å². The van der Waals surface area contributed by atoms with E-state index in [2.05, 4.69) is 20.9 Å². The van der Waals surface area contributed by atoms with Crippen LogP contribution in [0, 0.1) is 20.2 Å². The molecule has 0 radical (unpaired) electrons. The fourth-order valence-electron chi connectivity index (χ4n) is 2.76. The van der Waals surface area contributed by atoms with Crippen LogP contribution in [-0.2, 0) is 9.53 Å². The maximum Gasteiger partial charge on any atom is 0.363 e. The molecule has 0 atom stereocenters. The first-order valence-corrected chi connectivity index (χ1v) is 10.1. The van der Waals surface area contributed by atoms with Gasteiger partial charge in [0.2, 0.25) is 5.90 Å². The van der Waals surface area contributed by atoms with Crippen LogP contribution in [0.2, 0.25) is 5.02 Å². The number of carbonyl (C=O) groups is 1. The zero-order valence-electron chi connectivity index (χ0n) is 14.5. The SMILES string of the molecule is O=C1OC(c2sc3cc(Br)ccc3c2Cl)=N/C1=C/c1ccc([N+](=O)[O-])cc1[N+](=O)[O-]. The first-order chi connectivity index (χ1) is 14.2. The van der Waals surface area contributed by atoms with Gasteiger partial charge < -0.3 is 4.74 Å². The number of carbonyl (C=O) groups excluding carboxylic acids is 1. The number of rotatable bonds is 4. The van der Waals surface area contributed by atoms with Crippen molar-refractivity contribution in [1.29, 1.82) is 0 Å². The van der Waals surface area contributed by atoms with Gasteiger partial charge >= 0.3 is 5.97 Å². The first kappa shape index (κ1) is 20.1. The van der Waals surface area contributed by atoms with Crippen molar-refractivity contribution >= 4 is 78.3 Å². The molecule has 12 heteroatoms. The van der Waals surface area contributed by atoms with E-state index in [1.807, 2.05) is 18.2 Å². The van der Waals surface area contributed by atoms with Gasteiger partial charge in [-0.05, 0) is 24.3 Å². The Kier molecular flexibility index (Phi) is 5.10. The number of thiophene rings is 1. The van der Waals surface area contributed by atoms with Gasteiger partial charge in [-0.3, -0.25) is 20.2 Å². The molecule has 3 aromatic rings. The number of aliphatic imine (C=N–C) groups is 1. The minimum absolute atomic E-state index is 0.0156. The van der Waals surface area contributed by atoms with E-state index in [0.29, 0.717) is 9.90 Å². The Labute approximate surface area is 184 Å². The summed E-state index contributed by atoms with van der Waals surface area (Å²) in [5, 5.41) is 23.3. The number of ether oxygens (including phenoxy) is 1. The fourth-order valence-corrected chi connectivity index (χ4v) is 4.75. The summed E-state index contributed by atoms with van der Waals surface area (Å²) in [6.07, 6.45) is 1.15. The summed E-state index contributed by atoms with van der Waals surface area (Å²) in [5.41, 5.74) is -1.17. The first-order valence-electron chi connectivity index (χ1n) is 8.08. The molecular weight excluding hydrogens is 502 g/mol. The van der Waals surface area contributed by atoms with E-state index in [4.69, 9.17) is 16.3 Å². The summed E-state index contributed by atoms with van der Waals surface area (Å²) in [7, 11) is 0. The van der Waals surface area contributed by atoms with Gasteiger partial charge in [0, 0.05) is 20.6 Å². The second kappa shape index (κ2) is 7.59. The van der Waals surface area contributed by atoms with E-state index >= 15 is 0 Å². The second-order valence-electron chi connectivity index (χ2n) is 5.98. The number of nitrogens with zero attached hydrogens (tertiary/aromatic N) is 3. The number of hydrogen-bond acceptors (Lipinski definition) is 8. The van der Waals surface area contributed by atoms with E-state index < -0.39 is 27.2 Å². The minimum atomic E-state index is -0.813. The van der Waals surface area contributed by atoms with Crippen molar-refractivity contribution in [2.24, 2.45) is 4.99 Å². The molecule has 150 valence electrons. The van der Waals surface area contributed by atoms with Gasteiger partial charge in [-0.25, -0.2) is 9.79 Å². The van der Waals surface area contributed by atoms with E-state index in [-0.39, 0.29) is 17.2 Å². The van der Waals surface area contributed by atoms with Crippen LogP contribution in [0.3, 0.4) is 0 Å². The van der Waals surface area contributed by atoms with Crippen molar-refractivity contribution in [2.75, 3.05) is 0 Å². The zero-order valence-corrected chi connectivity index (χ0v) is 17.7. The molecule has 1 aliphatic rings. The second-order valence-corrected chi connectivity index (χ2v) is 8.32. The summed E-state index contributed by atoms with van der Waals surface area (Å²) in [4.78, 5) is 37.5. The number of nitro benzene ring substituents is 2. The Hall–Kier alpha value is -3.15. The van der Waals surface area contributed by atoms with Gasteiger partial charge in [-0.1, -0.05) is 33.6 Å². The number of esters is 1. The number of non-ortho nitro benzene ring substituents is 1. The number of cyclic esters (lactones) is 1. The Morgan fingerprint density at radius 1 is 1.13 bits per heavy atom. The highest BCUT2D eigenvalue weighted by molar-refractivity contribution is 9.10. The lowest BCUT2D eigenvalue weighted by atomic mass is 10.1. The molecule has 0 amide bonds. The maximum absolute atomic E-state index is 12.3. The van der Waals surface area contributed by atoms with Crippen LogP contribution in [0.4, 0.5) is 11.4 Å². The van der Waals surface area contributed by atoms with Crippen molar-refractivity contribution in [1.82, 2.24) is 0 Å². The third-order valence-electron chi connectivity index (χ3n) is 4.12. The lowest BCUT2D eigenvalue weighted by Gasteiger charge is -1.98. The van der Waals surface area contributed by atoms with Gasteiger partial charge in [0.25, 0.3) is 11.4 Å². The van der Waals surface area contributed by atoms with Gasteiger partial charge in [0.05, 0.1) is 26.5 Å². The zero-order chi connectivity index (χ0) is 21.6. The van der Waals surface area contributed by atoms with Crippen molar-refractivity contribution in [3.8, 4) is 0 Å². The highest BCUT2D eigenvalue weighted by Crippen LogP contribution is 2.39. The van der Waals surface area contributed by atoms with Gasteiger partial charge in [0.15, 0.2) is 5.70 Å². The van der Waals surface area contributed by atoms with Crippen LogP contribution in [0.15, 0.2) is 51.6 Å². The van der Waals surface area contributed by atoms with E-state index in [1.165, 1.54) is 17.4 Å². The average molecular weight is 509 g/mol. The number of hydrogen-bond donors (Lipinski definition) is 0. The van der Waals surface area contributed by atoms with E-state index in [1.54, 1.807) is 0 Å². The largest absolute Gasteiger partial charge is 0.401 e. The van der Waals surface area contributed by atoms with Crippen LogP contribution < -0.4 is 0 Å². The third-order valence-corrected chi connectivity index (χ3v) is 6.26. The number of nitro groups is 2. The maximum atomic E-state index is 12.3. The van der Waals surface area contributed by atoms with Crippen molar-refractivity contribution in [2.45, 2.75) is 0 Å². The number of benzene rings is 2. The molecule has 0 aliphatic carbocycles. The lowest BCUT2D eigenvalue weighted by Crippen LogP contribution is -2.04. The molecule has 2 aromatic carbocycles. The third kappa shape index (κ3) is 3.58. The van der Waals surface area contributed by atoms with Crippen molar-refractivity contribution in [3.05, 3.63) is 82.3 Å². The molecule has 0 saturated carbocycles.